The SMILES string of the molecule is C[C@H]1c2cc(-c3c(F)cccc3F)nnc2[C@](C)(c2cccc(C(=O)NCCS(C)(=O)=O)n2)CC1(C)C. The van der Waals surface area contributed by atoms with Crippen LogP contribution in [0.15, 0.2) is 42.5 Å². The zero-order chi connectivity index (χ0) is 27.2. The Kier molecular flexibility index (Phi) is 6.92. The van der Waals surface area contributed by atoms with E-state index in [1.807, 2.05) is 13.0 Å². The second kappa shape index (κ2) is 9.55. The molecule has 2 aromatic heterocycles. The van der Waals surface area contributed by atoms with Crippen LogP contribution >= 0.6 is 0 Å². The highest BCUT2D eigenvalue weighted by molar-refractivity contribution is 7.90. The molecule has 1 aliphatic rings. The van der Waals surface area contributed by atoms with Gasteiger partial charge < -0.3 is 5.32 Å². The van der Waals surface area contributed by atoms with Crippen molar-refractivity contribution in [3.05, 3.63) is 76.7 Å². The van der Waals surface area contributed by atoms with Crippen LogP contribution in [0.3, 0.4) is 0 Å². The molecule has 7 nitrogen and oxygen atoms in total. The van der Waals surface area contributed by atoms with Gasteiger partial charge in [0.05, 0.1) is 33.8 Å². The molecule has 1 aliphatic carbocycles. The molecule has 0 saturated carbocycles. The lowest BCUT2D eigenvalue weighted by Crippen LogP contribution is -2.42. The first kappa shape index (κ1) is 26.8. The second-order valence-corrected chi connectivity index (χ2v) is 12.9. The second-order valence-electron chi connectivity index (χ2n) is 10.6. The van der Waals surface area contributed by atoms with Crippen molar-refractivity contribution in [2.24, 2.45) is 5.41 Å². The number of pyridine rings is 1. The summed E-state index contributed by atoms with van der Waals surface area (Å²) >= 11 is 0. The van der Waals surface area contributed by atoms with Crippen LogP contribution < -0.4 is 5.32 Å². The number of benzene rings is 1. The van der Waals surface area contributed by atoms with Crippen LogP contribution in [0.1, 0.15) is 67.5 Å². The highest BCUT2D eigenvalue weighted by atomic mass is 32.2. The molecular weight excluding hydrogens is 498 g/mol. The summed E-state index contributed by atoms with van der Waals surface area (Å²) in [6, 6.07) is 10.5. The number of carbonyl (C=O) groups is 1. The molecule has 1 aromatic carbocycles. The van der Waals surface area contributed by atoms with Crippen LogP contribution in [0, 0.1) is 17.0 Å². The van der Waals surface area contributed by atoms with Crippen LogP contribution in [-0.4, -0.2) is 48.1 Å². The quantitative estimate of drug-likeness (QED) is 0.508. The van der Waals surface area contributed by atoms with E-state index in [-0.39, 0.29) is 40.6 Å². The number of sulfone groups is 1. The monoisotopic (exact) mass is 528 g/mol. The van der Waals surface area contributed by atoms with Crippen molar-refractivity contribution in [2.45, 2.75) is 45.4 Å². The van der Waals surface area contributed by atoms with Crippen molar-refractivity contribution in [1.82, 2.24) is 20.5 Å². The van der Waals surface area contributed by atoms with Gasteiger partial charge in [0, 0.05) is 12.8 Å². The molecule has 10 heteroatoms. The Morgan fingerprint density at radius 1 is 1.08 bits per heavy atom. The third-order valence-corrected chi connectivity index (χ3v) is 8.26. The Hall–Kier alpha value is -3.27. The van der Waals surface area contributed by atoms with Gasteiger partial charge in [-0.2, -0.15) is 5.10 Å². The predicted octanol–water partition coefficient (Wildman–Crippen LogP) is 4.43. The first-order valence-electron chi connectivity index (χ1n) is 12.0. The van der Waals surface area contributed by atoms with Crippen LogP contribution in [-0.2, 0) is 15.3 Å². The van der Waals surface area contributed by atoms with E-state index in [0.29, 0.717) is 17.8 Å². The van der Waals surface area contributed by atoms with E-state index in [1.54, 1.807) is 18.2 Å². The van der Waals surface area contributed by atoms with Crippen LogP contribution in [0.5, 0.6) is 0 Å². The van der Waals surface area contributed by atoms with Gasteiger partial charge in [0.15, 0.2) is 0 Å². The summed E-state index contributed by atoms with van der Waals surface area (Å²) in [6.45, 7) is 8.25. The lowest BCUT2D eigenvalue weighted by Gasteiger charge is -2.46. The molecule has 0 bridgehead atoms. The number of hydrogen-bond donors (Lipinski definition) is 1. The van der Waals surface area contributed by atoms with Crippen molar-refractivity contribution in [3.63, 3.8) is 0 Å². The van der Waals surface area contributed by atoms with Gasteiger partial charge in [-0.3, -0.25) is 4.79 Å². The summed E-state index contributed by atoms with van der Waals surface area (Å²) in [4.78, 5) is 17.3. The number of aromatic nitrogens is 3. The molecule has 0 radical (unpaired) electrons. The maximum absolute atomic E-state index is 14.5. The highest BCUT2D eigenvalue weighted by Gasteiger charge is 2.48. The van der Waals surface area contributed by atoms with E-state index in [1.165, 1.54) is 18.2 Å². The highest BCUT2D eigenvalue weighted by Crippen LogP contribution is 2.54. The van der Waals surface area contributed by atoms with E-state index in [9.17, 15) is 22.0 Å². The summed E-state index contributed by atoms with van der Waals surface area (Å²) in [6.07, 6.45) is 1.75. The van der Waals surface area contributed by atoms with E-state index >= 15 is 0 Å². The van der Waals surface area contributed by atoms with Gasteiger partial charge in [0.1, 0.15) is 27.2 Å². The van der Waals surface area contributed by atoms with E-state index < -0.39 is 32.8 Å². The molecule has 2 heterocycles. The maximum Gasteiger partial charge on any atom is 0.269 e. The molecule has 2 atom stereocenters. The molecule has 4 rings (SSSR count). The van der Waals surface area contributed by atoms with Gasteiger partial charge in [0.25, 0.3) is 5.91 Å². The molecule has 0 fully saturated rings. The largest absolute Gasteiger partial charge is 0.350 e. The third kappa shape index (κ3) is 5.25. The lowest BCUT2D eigenvalue weighted by atomic mass is 9.58. The number of nitrogens with zero attached hydrogens (tertiary/aromatic N) is 3. The molecule has 37 heavy (non-hydrogen) atoms. The van der Waals surface area contributed by atoms with E-state index in [2.05, 4.69) is 41.3 Å². The van der Waals surface area contributed by atoms with Crippen molar-refractivity contribution in [2.75, 3.05) is 18.6 Å². The van der Waals surface area contributed by atoms with Gasteiger partial charge in [0.2, 0.25) is 0 Å². The van der Waals surface area contributed by atoms with Crippen molar-refractivity contribution in [3.8, 4) is 11.3 Å². The zero-order valence-electron chi connectivity index (χ0n) is 21.5. The average molecular weight is 529 g/mol. The number of hydrogen-bond acceptors (Lipinski definition) is 6. The lowest BCUT2D eigenvalue weighted by molar-refractivity contribution is 0.0950. The van der Waals surface area contributed by atoms with Crippen molar-refractivity contribution < 1.29 is 22.0 Å². The van der Waals surface area contributed by atoms with Crippen molar-refractivity contribution in [1.29, 1.82) is 0 Å². The first-order valence-corrected chi connectivity index (χ1v) is 14.0. The maximum atomic E-state index is 14.5. The summed E-state index contributed by atoms with van der Waals surface area (Å²) in [5.74, 6) is -2.07. The van der Waals surface area contributed by atoms with Crippen LogP contribution in [0.25, 0.3) is 11.3 Å². The zero-order valence-corrected chi connectivity index (χ0v) is 22.3. The van der Waals surface area contributed by atoms with Gasteiger partial charge >= 0.3 is 0 Å². The molecule has 0 aliphatic heterocycles. The Morgan fingerprint density at radius 3 is 2.38 bits per heavy atom. The Balaban J connectivity index is 1.77. The minimum absolute atomic E-state index is 0.00198. The fourth-order valence-electron chi connectivity index (χ4n) is 5.12. The van der Waals surface area contributed by atoms with Gasteiger partial charge in [-0.15, -0.1) is 5.10 Å². The molecular formula is C27H30F2N4O3S. The predicted molar refractivity (Wildman–Crippen MR) is 137 cm³/mol. The van der Waals surface area contributed by atoms with Crippen LogP contribution in [0.2, 0.25) is 0 Å². The average Bonchev–Trinajstić information content (AvgIpc) is 2.81. The third-order valence-electron chi connectivity index (χ3n) is 7.32. The fraction of sp³-hybridized carbons (Fsp3) is 0.407. The molecule has 196 valence electrons. The normalized spacial score (nSPS) is 20.8. The van der Waals surface area contributed by atoms with Crippen molar-refractivity contribution >= 4 is 15.7 Å². The summed E-state index contributed by atoms with van der Waals surface area (Å²) in [5.41, 5.74) is 1.12. The van der Waals surface area contributed by atoms with E-state index in [4.69, 9.17) is 0 Å². The minimum atomic E-state index is -3.22. The standard InChI is InChI=1S/C27H30F2N4O3S/c1-16-17-14-21(23-18(28)8-6-9-19(23)29)32-33-24(17)27(4,15-26(16,2)3)22-11-7-10-20(31-22)25(34)30-12-13-37(5,35)36/h6-11,14,16H,12-13,15H2,1-5H3,(H,30,34)/t16-,27-/m0/s1. The molecule has 1 N–H and O–H groups in total. The molecule has 1 amide bonds. The Labute approximate surface area is 215 Å². The first-order chi connectivity index (χ1) is 17.2. The summed E-state index contributed by atoms with van der Waals surface area (Å²) < 4.78 is 51.8. The number of carbonyl (C=O) groups excluding carboxylic acids is 1. The number of amides is 1. The molecule has 0 saturated heterocycles. The smallest absolute Gasteiger partial charge is 0.269 e. The summed E-state index contributed by atoms with van der Waals surface area (Å²) in [5, 5.41) is 11.3. The van der Waals surface area contributed by atoms with Gasteiger partial charge in [-0.05, 0) is 60.6 Å². The fourth-order valence-corrected chi connectivity index (χ4v) is 5.59. The van der Waals surface area contributed by atoms with E-state index in [0.717, 1.165) is 11.8 Å². The molecule has 3 aromatic rings. The number of rotatable bonds is 6. The van der Waals surface area contributed by atoms with Crippen LogP contribution in [0.4, 0.5) is 8.78 Å². The summed E-state index contributed by atoms with van der Waals surface area (Å²) in [7, 11) is -3.22. The number of fused-ring (bicyclic) bond motifs is 1. The molecule has 0 unspecified atom stereocenters. The Bertz CT molecular complexity index is 1460. The van der Waals surface area contributed by atoms with Gasteiger partial charge in [-0.25, -0.2) is 22.2 Å². The minimum Gasteiger partial charge on any atom is -0.350 e. The number of nitrogens with one attached hydrogen (secondary N) is 1. The topological polar surface area (TPSA) is 102 Å². The van der Waals surface area contributed by atoms with Gasteiger partial charge in [-0.1, -0.05) is 32.9 Å². The Morgan fingerprint density at radius 2 is 1.73 bits per heavy atom. The number of halogens is 2. The molecule has 0 spiro atoms.